The Morgan fingerprint density at radius 3 is 2.50 bits per heavy atom. The number of halogens is 1. The number of hydrogen-bond donors (Lipinski definition) is 2. The van der Waals surface area contributed by atoms with Crippen LogP contribution in [0.1, 0.15) is 29.5 Å². The number of dihydropyridines is 1. The standard InChI is InChI=1S/C30H26ClN3O3S/c1-19-9-8-12-22(15-19)34-26(35)18-38-29-24(16-32)28(23-13-6-7-14-25(23)31)27(20(2)33-29)30(36)37-17-21-10-4-3-5-11-21/h3-15,28,33H,17-18H2,1-2H3,(H,34,35). The van der Waals surface area contributed by atoms with Gasteiger partial charge >= 0.3 is 5.97 Å². The number of ether oxygens (including phenoxy) is 1. The summed E-state index contributed by atoms with van der Waals surface area (Å²) in [5, 5.41) is 17.2. The van der Waals surface area contributed by atoms with Gasteiger partial charge in [0.2, 0.25) is 5.91 Å². The summed E-state index contributed by atoms with van der Waals surface area (Å²) in [6, 6.07) is 26.3. The van der Waals surface area contributed by atoms with Crippen LogP contribution in [0.2, 0.25) is 5.02 Å². The van der Waals surface area contributed by atoms with Crippen molar-refractivity contribution in [3.8, 4) is 6.07 Å². The summed E-state index contributed by atoms with van der Waals surface area (Å²) in [5.74, 6) is -1.44. The van der Waals surface area contributed by atoms with Gasteiger partial charge in [-0.15, -0.1) is 0 Å². The van der Waals surface area contributed by atoms with E-state index < -0.39 is 11.9 Å². The van der Waals surface area contributed by atoms with Crippen LogP contribution in [0.25, 0.3) is 0 Å². The van der Waals surface area contributed by atoms with E-state index in [0.29, 0.717) is 38.1 Å². The van der Waals surface area contributed by atoms with Gasteiger partial charge in [0, 0.05) is 16.4 Å². The Morgan fingerprint density at radius 1 is 1.05 bits per heavy atom. The predicted molar refractivity (Wildman–Crippen MR) is 151 cm³/mol. The van der Waals surface area contributed by atoms with Crippen LogP contribution in [0.5, 0.6) is 0 Å². The van der Waals surface area contributed by atoms with Crippen molar-refractivity contribution in [1.29, 1.82) is 5.26 Å². The Labute approximate surface area is 231 Å². The van der Waals surface area contributed by atoms with Crippen LogP contribution in [0, 0.1) is 18.3 Å². The molecule has 0 aromatic heterocycles. The second-order valence-electron chi connectivity index (χ2n) is 8.74. The maximum absolute atomic E-state index is 13.4. The molecule has 0 saturated carbocycles. The summed E-state index contributed by atoms with van der Waals surface area (Å²) in [5.41, 5.74) is 4.34. The third kappa shape index (κ3) is 6.46. The van der Waals surface area contributed by atoms with Crippen LogP contribution in [0.15, 0.2) is 101 Å². The molecule has 1 unspecified atom stereocenters. The number of amides is 1. The van der Waals surface area contributed by atoms with Crippen molar-refractivity contribution >= 4 is 40.9 Å². The van der Waals surface area contributed by atoms with Gasteiger partial charge in [0.05, 0.1) is 33.9 Å². The van der Waals surface area contributed by atoms with E-state index in [0.717, 1.165) is 11.1 Å². The second kappa shape index (κ2) is 12.5. The van der Waals surface area contributed by atoms with Crippen LogP contribution >= 0.6 is 23.4 Å². The lowest BCUT2D eigenvalue weighted by molar-refractivity contribution is -0.140. The van der Waals surface area contributed by atoms with Crippen molar-refractivity contribution in [2.45, 2.75) is 26.4 Å². The average Bonchev–Trinajstić information content (AvgIpc) is 2.91. The lowest BCUT2D eigenvalue weighted by atomic mass is 9.82. The molecule has 0 saturated heterocycles. The molecule has 0 spiro atoms. The van der Waals surface area contributed by atoms with Gasteiger partial charge in [-0.3, -0.25) is 4.79 Å². The highest BCUT2D eigenvalue weighted by molar-refractivity contribution is 8.03. The summed E-state index contributed by atoms with van der Waals surface area (Å²) in [6.45, 7) is 3.80. The van der Waals surface area contributed by atoms with Gasteiger partial charge in [0.15, 0.2) is 0 Å². The molecule has 1 aliphatic rings. The lowest BCUT2D eigenvalue weighted by Crippen LogP contribution is -2.29. The second-order valence-corrected chi connectivity index (χ2v) is 10.1. The molecule has 3 aromatic carbocycles. The summed E-state index contributed by atoms with van der Waals surface area (Å²) < 4.78 is 5.65. The molecule has 1 heterocycles. The monoisotopic (exact) mass is 543 g/mol. The summed E-state index contributed by atoms with van der Waals surface area (Å²) >= 11 is 7.75. The zero-order valence-electron chi connectivity index (χ0n) is 21.0. The van der Waals surface area contributed by atoms with E-state index in [2.05, 4.69) is 16.7 Å². The third-order valence-electron chi connectivity index (χ3n) is 5.95. The molecule has 3 aromatic rings. The number of esters is 1. The molecule has 4 rings (SSSR count). The number of benzene rings is 3. The van der Waals surface area contributed by atoms with Crippen LogP contribution < -0.4 is 10.6 Å². The van der Waals surface area contributed by atoms with Gasteiger partial charge in [-0.2, -0.15) is 5.26 Å². The van der Waals surface area contributed by atoms with Gasteiger partial charge in [-0.1, -0.05) is 84.0 Å². The van der Waals surface area contributed by atoms with Crippen LogP contribution in [-0.2, 0) is 20.9 Å². The number of hydrogen-bond acceptors (Lipinski definition) is 6. The molecule has 2 N–H and O–H groups in total. The normalized spacial score (nSPS) is 14.9. The molecule has 38 heavy (non-hydrogen) atoms. The maximum Gasteiger partial charge on any atom is 0.337 e. The fraction of sp³-hybridized carbons (Fsp3) is 0.167. The Hall–Kier alpha value is -3.99. The van der Waals surface area contributed by atoms with Gasteiger partial charge < -0.3 is 15.4 Å². The molecule has 1 amide bonds. The van der Waals surface area contributed by atoms with Crippen molar-refractivity contribution in [3.63, 3.8) is 0 Å². The Balaban J connectivity index is 1.60. The quantitative estimate of drug-likeness (QED) is 0.317. The molecule has 8 heteroatoms. The third-order valence-corrected chi connectivity index (χ3v) is 7.31. The largest absolute Gasteiger partial charge is 0.457 e. The Bertz CT molecular complexity index is 1460. The zero-order chi connectivity index (χ0) is 27.1. The van der Waals surface area contributed by atoms with E-state index in [4.69, 9.17) is 16.3 Å². The lowest BCUT2D eigenvalue weighted by Gasteiger charge is -2.29. The smallest absolute Gasteiger partial charge is 0.337 e. The Kier molecular flexibility index (Phi) is 8.90. The highest BCUT2D eigenvalue weighted by atomic mass is 35.5. The van der Waals surface area contributed by atoms with Gasteiger partial charge in [-0.05, 0) is 48.7 Å². The van der Waals surface area contributed by atoms with E-state index in [1.54, 1.807) is 25.1 Å². The maximum atomic E-state index is 13.4. The van der Waals surface area contributed by atoms with Crippen molar-refractivity contribution < 1.29 is 14.3 Å². The number of aryl methyl sites for hydroxylation is 1. The average molecular weight is 544 g/mol. The fourth-order valence-electron chi connectivity index (χ4n) is 4.18. The van der Waals surface area contributed by atoms with E-state index in [-0.39, 0.29) is 18.3 Å². The van der Waals surface area contributed by atoms with Crippen molar-refractivity contribution in [3.05, 3.63) is 122 Å². The minimum absolute atomic E-state index is 0.0672. The first-order valence-corrected chi connectivity index (χ1v) is 13.3. The predicted octanol–water partition coefficient (Wildman–Crippen LogP) is 6.46. The molecule has 192 valence electrons. The first kappa shape index (κ1) is 27.1. The highest BCUT2D eigenvalue weighted by Gasteiger charge is 2.36. The molecule has 6 nitrogen and oxygen atoms in total. The van der Waals surface area contributed by atoms with Crippen LogP contribution in [0.3, 0.4) is 0 Å². The number of rotatable bonds is 8. The first-order valence-electron chi connectivity index (χ1n) is 11.9. The number of nitriles is 1. The number of thioether (sulfide) groups is 1. The fourth-order valence-corrected chi connectivity index (χ4v) is 5.31. The van der Waals surface area contributed by atoms with Crippen molar-refractivity contribution in [2.75, 3.05) is 11.1 Å². The first-order chi connectivity index (χ1) is 18.4. The van der Waals surface area contributed by atoms with E-state index in [1.165, 1.54) is 11.8 Å². The van der Waals surface area contributed by atoms with Gasteiger partial charge in [0.1, 0.15) is 6.61 Å². The summed E-state index contributed by atoms with van der Waals surface area (Å²) in [7, 11) is 0. The molecular formula is C30H26ClN3O3S. The zero-order valence-corrected chi connectivity index (χ0v) is 22.5. The topological polar surface area (TPSA) is 91.2 Å². The number of carbonyl (C=O) groups is 2. The number of carbonyl (C=O) groups excluding carboxylic acids is 2. The molecule has 0 radical (unpaired) electrons. The van der Waals surface area contributed by atoms with Gasteiger partial charge in [0.25, 0.3) is 0 Å². The molecule has 0 fully saturated rings. The summed E-state index contributed by atoms with van der Waals surface area (Å²) in [4.78, 5) is 26.0. The van der Waals surface area contributed by atoms with E-state index in [9.17, 15) is 14.9 Å². The number of anilines is 1. The van der Waals surface area contributed by atoms with E-state index in [1.807, 2.05) is 67.6 Å². The number of nitrogens with zero attached hydrogens (tertiary/aromatic N) is 1. The van der Waals surface area contributed by atoms with E-state index >= 15 is 0 Å². The van der Waals surface area contributed by atoms with Crippen LogP contribution in [-0.4, -0.2) is 17.6 Å². The molecular weight excluding hydrogens is 518 g/mol. The molecule has 1 atom stereocenters. The minimum Gasteiger partial charge on any atom is -0.457 e. The van der Waals surface area contributed by atoms with Crippen molar-refractivity contribution in [2.24, 2.45) is 0 Å². The summed E-state index contributed by atoms with van der Waals surface area (Å²) in [6.07, 6.45) is 0. The Morgan fingerprint density at radius 2 is 1.79 bits per heavy atom. The number of allylic oxidation sites excluding steroid dienone is 2. The molecule has 0 aliphatic carbocycles. The van der Waals surface area contributed by atoms with Gasteiger partial charge in [-0.25, -0.2) is 4.79 Å². The molecule has 1 aliphatic heterocycles. The molecule has 0 bridgehead atoms. The SMILES string of the molecule is CC1=C(C(=O)OCc2ccccc2)C(c2ccccc2Cl)C(C#N)=C(SCC(=O)Nc2cccc(C)c2)N1. The number of nitrogens with one attached hydrogen (secondary N) is 2. The highest BCUT2D eigenvalue weighted by Crippen LogP contribution is 2.43. The van der Waals surface area contributed by atoms with Crippen LogP contribution in [0.4, 0.5) is 5.69 Å². The minimum atomic E-state index is -0.749. The van der Waals surface area contributed by atoms with Crippen molar-refractivity contribution in [1.82, 2.24) is 5.32 Å².